The van der Waals surface area contributed by atoms with Crippen molar-refractivity contribution in [3.8, 4) is 0 Å². The Morgan fingerprint density at radius 2 is 2.42 bits per heavy atom. The summed E-state index contributed by atoms with van der Waals surface area (Å²) in [5, 5.41) is 2.90. The molecule has 1 saturated heterocycles. The van der Waals surface area contributed by atoms with Gasteiger partial charge in [0.15, 0.2) is 0 Å². The van der Waals surface area contributed by atoms with E-state index in [4.69, 9.17) is 4.74 Å². The smallest absolute Gasteiger partial charge is 0.246 e. The Labute approximate surface area is 72.8 Å². The van der Waals surface area contributed by atoms with Crippen molar-refractivity contribution in [3.05, 3.63) is 11.6 Å². The van der Waals surface area contributed by atoms with Crippen LogP contribution in [0.2, 0.25) is 0 Å². The van der Waals surface area contributed by atoms with Gasteiger partial charge in [-0.3, -0.25) is 4.79 Å². The van der Waals surface area contributed by atoms with E-state index in [9.17, 15) is 4.79 Å². The summed E-state index contributed by atoms with van der Waals surface area (Å²) in [5.41, 5.74) is 0.766. The zero-order chi connectivity index (χ0) is 8.97. The van der Waals surface area contributed by atoms with Gasteiger partial charge in [0.1, 0.15) is 0 Å². The van der Waals surface area contributed by atoms with Crippen molar-refractivity contribution in [3.63, 3.8) is 0 Å². The van der Waals surface area contributed by atoms with Crippen molar-refractivity contribution in [2.45, 2.75) is 26.3 Å². The molecular weight excluding hydrogens is 154 g/mol. The summed E-state index contributed by atoms with van der Waals surface area (Å²) in [5.74, 6) is 0.0213. The second kappa shape index (κ2) is 4.26. The first-order valence-electron chi connectivity index (χ1n) is 4.25. The highest BCUT2D eigenvalue weighted by molar-refractivity contribution is 5.92. The van der Waals surface area contributed by atoms with Crippen LogP contribution in [0.3, 0.4) is 0 Å². The van der Waals surface area contributed by atoms with E-state index >= 15 is 0 Å². The van der Waals surface area contributed by atoms with Crippen LogP contribution in [0.4, 0.5) is 0 Å². The van der Waals surface area contributed by atoms with Gasteiger partial charge in [-0.1, -0.05) is 6.08 Å². The molecule has 1 aliphatic rings. The molecule has 1 rings (SSSR count). The van der Waals surface area contributed by atoms with Gasteiger partial charge in [0.25, 0.3) is 0 Å². The van der Waals surface area contributed by atoms with Crippen LogP contribution < -0.4 is 5.32 Å². The molecule has 0 aliphatic carbocycles. The van der Waals surface area contributed by atoms with Gasteiger partial charge in [-0.25, -0.2) is 0 Å². The Bertz CT molecular complexity index is 193. The summed E-state index contributed by atoms with van der Waals surface area (Å²) in [7, 11) is 0. The number of hydrogen-bond acceptors (Lipinski definition) is 2. The lowest BCUT2D eigenvalue weighted by molar-refractivity contribution is -0.118. The molecule has 0 bridgehead atoms. The number of rotatable bonds is 2. The molecule has 3 nitrogen and oxygen atoms in total. The highest BCUT2D eigenvalue weighted by Crippen LogP contribution is 2.04. The second-order valence-corrected chi connectivity index (χ2v) is 3.01. The molecule has 68 valence electrons. The minimum atomic E-state index is 0.0213. The molecule has 1 N–H and O–H groups in total. The maximum Gasteiger partial charge on any atom is 0.246 e. The molecule has 3 heteroatoms. The fourth-order valence-electron chi connectivity index (χ4n) is 1.08. The monoisotopic (exact) mass is 169 g/mol. The van der Waals surface area contributed by atoms with Crippen LogP contribution >= 0.6 is 0 Å². The normalized spacial score (nSPS) is 24.2. The Morgan fingerprint density at radius 1 is 1.67 bits per heavy atom. The zero-order valence-corrected chi connectivity index (χ0v) is 7.59. The van der Waals surface area contributed by atoms with E-state index in [1.54, 1.807) is 0 Å². The number of amides is 1. The highest BCUT2D eigenvalue weighted by Gasteiger charge is 2.17. The van der Waals surface area contributed by atoms with E-state index in [0.717, 1.165) is 18.6 Å². The molecular formula is C9H15NO2. The van der Waals surface area contributed by atoms with Crippen LogP contribution in [0.5, 0.6) is 0 Å². The van der Waals surface area contributed by atoms with Crippen molar-refractivity contribution in [1.29, 1.82) is 0 Å². The standard InChI is InChI=1S/C9H15NO2/c1-3-7(2)9(11)10-8-4-5-12-6-8/h3,8H,4-6H2,1-2H3,(H,10,11)/b7-3-. The van der Waals surface area contributed by atoms with Crippen LogP contribution in [0.15, 0.2) is 11.6 Å². The quantitative estimate of drug-likeness (QED) is 0.622. The van der Waals surface area contributed by atoms with E-state index < -0.39 is 0 Å². The fourth-order valence-corrected chi connectivity index (χ4v) is 1.08. The van der Waals surface area contributed by atoms with Gasteiger partial charge in [0, 0.05) is 12.2 Å². The Balaban J connectivity index is 2.35. The summed E-state index contributed by atoms with van der Waals surface area (Å²) < 4.78 is 5.14. The molecule has 1 aliphatic heterocycles. The minimum Gasteiger partial charge on any atom is -0.379 e. The number of allylic oxidation sites excluding steroid dienone is 1. The summed E-state index contributed by atoms with van der Waals surface area (Å²) in [6, 6.07) is 0.215. The number of carbonyl (C=O) groups is 1. The maximum atomic E-state index is 11.3. The van der Waals surface area contributed by atoms with Gasteiger partial charge in [-0.15, -0.1) is 0 Å². The first-order chi connectivity index (χ1) is 5.74. The number of hydrogen-bond donors (Lipinski definition) is 1. The summed E-state index contributed by atoms with van der Waals surface area (Å²) in [6.45, 7) is 5.09. The summed E-state index contributed by atoms with van der Waals surface area (Å²) in [6.07, 6.45) is 2.74. The van der Waals surface area contributed by atoms with Crippen molar-refractivity contribution in [1.82, 2.24) is 5.32 Å². The van der Waals surface area contributed by atoms with Gasteiger partial charge >= 0.3 is 0 Å². The number of carbonyl (C=O) groups excluding carboxylic acids is 1. The third kappa shape index (κ3) is 2.34. The van der Waals surface area contributed by atoms with Crippen LogP contribution in [-0.4, -0.2) is 25.2 Å². The Kier molecular flexibility index (Phi) is 3.29. The third-order valence-electron chi connectivity index (χ3n) is 2.06. The molecule has 1 amide bonds. The van der Waals surface area contributed by atoms with Crippen LogP contribution in [0.25, 0.3) is 0 Å². The van der Waals surface area contributed by atoms with Crippen LogP contribution in [-0.2, 0) is 9.53 Å². The van der Waals surface area contributed by atoms with Crippen molar-refractivity contribution in [2.24, 2.45) is 0 Å². The predicted octanol–water partition coefficient (Wildman–Crippen LogP) is 0.858. The van der Waals surface area contributed by atoms with Crippen molar-refractivity contribution >= 4 is 5.91 Å². The molecule has 0 spiro atoms. The molecule has 1 heterocycles. The number of ether oxygens (including phenoxy) is 1. The molecule has 0 radical (unpaired) electrons. The summed E-state index contributed by atoms with van der Waals surface area (Å²) in [4.78, 5) is 11.3. The minimum absolute atomic E-state index is 0.0213. The molecule has 0 aromatic heterocycles. The van der Waals surface area contributed by atoms with Gasteiger partial charge in [-0.05, 0) is 20.3 Å². The largest absolute Gasteiger partial charge is 0.379 e. The average Bonchev–Trinajstić information content (AvgIpc) is 2.55. The maximum absolute atomic E-state index is 11.3. The van der Waals surface area contributed by atoms with Crippen molar-refractivity contribution in [2.75, 3.05) is 13.2 Å². The topological polar surface area (TPSA) is 38.3 Å². The zero-order valence-electron chi connectivity index (χ0n) is 7.59. The molecule has 12 heavy (non-hydrogen) atoms. The lowest BCUT2D eigenvalue weighted by Crippen LogP contribution is -2.35. The molecule has 1 unspecified atom stereocenters. The van der Waals surface area contributed by atoms with Gasteiger partial charge < -0.3 is 10.1 Å². The van der Waals surface area contributed by atoms with Gasteiger partial charge in [-0.2, -0.15) is 0 Å². The van der Waals surface area contributed by atoms with Gasteiger partial charge in [0.05, 0.1) is 12.6 Å². The molecule has 0 aromatic rings. The average molecular weight is 169 g/mol. The molecule has 1 atom stereocenters. The Morgan fingerprint density at radius 3 is 2.92 bits per heavy atom. The lowest BCUT2D eigenvalue weighted by Gasteiger charge is -2.09. The fraction of sp³-hybridized carbons (Fsp3) is 0.667. The van der Waals surface area contributed by atoms with Gasteiger partial charge in [0.2, 0.25) is 5.91 Å². The molecule has 0 aromatic carbocycles. The first kappa shape index (κ1) is 9.26. The Hall–Kier alpha value is -0.830. The van der Waals surface area contributed by atoms with E-state index in [2.05, 4.69) is 5.32 Å². The van der Waals surface area contributed by atoms with E-state index in [-0.39, 0.29) is 11.9 Å². The molecule has 0 saturated carbocycles. The third-order valence-corrected chi connectivity index (χ3v) is 2.06. The van der Waals surface area contributed by atoms with Crippen molar-refractivity contribution < 1.29 is 9.53 Å². The number of nitrogens with one attached hydrogen (secondary N) is 1. The highest BCUT2D eigenvalue weighted by atomic mass is 16.5. The van der Waals surface area contributed by atoms with E-state index in [1.165, 1.54) is 0 Å². The lowest BCUT2D eigenvalue weighted by atomic mass is 10.2. The van der Waals surface area contributed by atoms with Crippen LogP contribution in [0.1, 0.15) is 20.3 Å². The van der Waals surface area contributed by atoms with E-state index in [1.807, 2.05) is 19.9 Å². The summed E-state index contributed by atoms with van der Waals surface area (Å²) >= 11 is 0. The molecule has 1 fully saturated rings. The van der Waals surface area contributed by atoms with Crippen LogP contribution in [0, 0.1) is 0 Å². The first-order valence-corrected chi connectivity index (χ1v) is 4.25. The van der Waals surface area contributed by atoms with E-state index in [0.29, 0.717) is 6.61 Å². The predicted molar refractivity (Wildman–Crippen MR) is 46.8 cm³/mol. The SMILES string of the molecule is C/C=C(/C)C(=O)NC1CCOC1. The second-order valence-electron chi connectivity index (χ2n) is 3.01.